The first-order valence-electron chi connectivity index (χ1n) is 10.4. The molecule has 0 radical (unpaired) electrons. The summed E-state index contributed by atoms with van der Waals surface area (Å²) in [4.78, 5) is 18.3. The van der Waals surface area contributed by atoms with Gasteiger partial charge in [0.15, 0.2) is 5.78 Å². The molecule has 2 aromatic carbocycles. The highest BCUT2D eigenvalue weighted by Crippen LogP contribution is 2.30. The Morgan fingerprint density at radius 3 is 2.50 bits per heavy atom. The highest BCUT2D eigenvalue weighted by molar-refractivity contribution is 6.01. The van der Waals surface area contributed by atoms with Crippen LogP contribution in [0.5, 0.6) is 0 Å². The second-order valence-electron chi connectivity index (χ2n) is 8.33. The molecule has 0 amide bonds. The fraction of sp³-hybridized carbons (Fsp3) is 0.333. The largest absolute Gasteiger partial charge is 0.405 e. The van der Waals surface area contributed by atoms with Crippen LogP contribution < -0.4 is 5.32 Å². The van der Waals surface area contributed by atoms with Crippen molar-refractivity contribution in [1.82, 2.24) is 15.2 Å². The van der Waals surface area contributed by atoms with E-state index in [1.54, 1.807) is 30.0 Å². The Morgan fingerprint density at radius 2 is 1.84 bits per heavy atom. The molecule has 0 bridgehead atoms. The summed E-state index contributed by atoms with van der Waals surface area (Å²) < 4.78 is 53.1. The van der Waals surface area contributed by atoms with E-state index in [-0.39, 0.29) is 29.9 Å². The van der Waals surface area contributed by atoms with Gasteiger partial charge < -0.3 is 5.32 Å². The van der Waals surface area contributed by atoms with Crippen LogP contribution >= 0.6 is 0 Å². The highest BCUT2D eigenvalue weighted by Gasteiger charge is 2.43. The van der Waals surface area contributed by atoms with Crippen molar-refractivity contribution < 1.29 is 22.4 Å². The fourth-order valence-electron chi connectivity index (χ4n) is 4.18. The quantitative estimate of drug-likeness (QED) is 0.455. The van der Waals surface area contributed by atoms with Gasteiger partial charge in [-0.1, -0.05) is 24.3 Å². The number of Topliss-reactive ketones (excluding diaryl/α,β-unsaturated/α-hetero) is 1. The molecule has 0 aliphatic carbocycles. The van der Waals surface area contributed by atoms with Crippen LogP contribution in [0.1, 0.15) is 29.9 Å². The van der Waals surface area contributed by atoms with Gasteiger partial charge in [-0.15, -0.1) is 0 Å². The van der Waals surface area contributed by atoms with Gasteiger partial charge >= 0.3 is 6.18 Å². The molecule has 2 unspecified atom stereocenters. The Balaban J connectivity index is 1.69. The SMILES string of the molecule is CC(=O)c1cc(-c2ccc(F)cc2)c2ccc(CN3CC(C)NC(C(F)(F)F)C3)cc2n1. The third kappa shape index (κ3) is 4.81. The topological polar surface area (TPSA) is 45.2 Å². The van der Waals surface area contributed by atoms with Gasteiger partial charge in [-0.05, 0) is 47.9 Å². The van der Waals surface area contributed by atoms with Gasteiger partial charge in [0, 0.05) is 38.0 Å². The minimum Gasteiger partial charge on any atom is -0.301 e. The standard InChI is InChI=1S/C24H23F4N3O/c1-14-11-31(13-23(29-14)24(26,27)28)12-16-3-8-19-20(17-4-6-18(25)7-5-17)10-21(15(2)32)30-22(19)9-16/h3-10,14,23,29H,11-13H2,1-2H3. The van der Waals surface area contributed by atoms with Crippen LogP contribution in [0.25, 0.3) is 22.0 Å². The van der Waals surface area contributed by atoms with Crippen LogP contribution in [0.3, 0.4) is 0 Å². The van der Waals surface area contributed by atoms with Crippen molar-refractivity contribution in [3.63, 3.8) is 0 Å². The Morgan fingerprint density at radius 1 is 1.12 bits per heavy atom. The fourth-order valence-corrected chi connectivity index (χ4v) is 4.18. The van der Waals surface area contributed by atoms with Crippen molar-refractivity contribution in [2.24, 2.45) is 0 Å². The maximum absolute atomic E-state index is 13.4. The average Bonchev–Trinajstić information content (AvgIpc) is 2.72. The monoisotopic (exact) mass is 445 g/mol. The predicted molar refractivity (Wildman–Crippen MR) is 115 cm³/mol. The van der Waals surface area contributed by atoms with Crippen molar-refractivity contribution in [2.75, 3.05) is 13.1 Å². The number of fused-ring (bicyclic) bond motifs is 1. The summed E-state index contributed by atoms with van der Waals surface area (Å²) in [6.45, 7) is 3.86. The van der Waals surface area contributed by atoms with Gasteiger partial charge in [-0.2, -0.15) is 13.2 Å². The molecular weight excluding hydrogens is 422 g/mol. The number of nitrogens with zero attached hydrogens (tertiary/aromatic N) is 2. The normalized spacial score (nSPS) is 19.9. The Labute approximate surface area is 183 Å². The van der Waals surface area contributed by atoms with E-state index in [4.69, 9.17) is 0 Å². The number of halogens is 4. The summed E-state index contributed by atoms with van der Waals surface area (Å²) >= 11 is 0. The van der Waals surface area contributed by atoms with E-state index in [1.807, 2.05) is 18.2 Å². The van der Waals surface area contributed by atoms with Gasteiger partial charge in [0.25, 0.3) is 0 Å². The summed E-state index contributed by atoms with van der Waals surface area (Å²) in [5.41, 5.74) is 3.16. The summed E-state index contributed by atoms with van der Waals surface area (Å²) in [5.74, 6) is -0.562. The summed E-state index contributed by atoms with van der Waals surface area (Å²) in [7, 11) is 0. The van der Waals surface area contributed by atoms with E-state index in [2.05, 4.69) is 10.3 Å². The minimum atomic E-state index is -4.31. The zero-order valence-corrected chi connectivity index (χ0v) is 17.7. The highest BCUT2D eigenvalue weighted by atomic mass is 19.4. The number of carbonyl (C=O) groups excluding carboxylic acids is 1. The van der Waals surface area contributed by atoms with E-state index in [0.29, 0.717) is 18.6 Å². The smallest absolute Gasteiger partial charge is 0.301 e. The number of rotatable bonds is 4. The van der Waals surface area contributed by atoms with Crippen LogP contribution in [-0.4, -0.2) is 47.0 Å². The number of carbonyl (C=O) groups is 1. The van der Waals surface area contributed by atoms with Crippen molar-refractivity contribution in [2.45, 2.75) is 38.7 Å². The Hall–Kier alpha value is -2.84. The lowest BCUT2D eigenvalue weighted by atomic mass is 9.98. The van der Waals surface area contributed by atoms with E-state index >= 15 is 0 Å². The molecule has 1 saturated heterocycles. The number of hydrogen-bond acceptors (Lipinski definition) is 4. The van der Waals surface area contributed by atoms with Crippen LogP contribution in [0, 0.1) is 5.82 Å². The second kappa shape index (κ2) is 8.60. The van der Waals surface area contributed by atoms with E-state index in [9.17, 15) is 22.4 Å². The van der Waals surface area contributed by atoms with E-state index in [1.165, 1.54) is 19.1 Å². The molecule has 2 heterocycles. The third-order valence-corrected chi connectivity index (χ3v) is 5.65. The Bertz CT molecular complexity index is 1140. The first-order valence-corrected chi connectivity index (χ1v) is 10.4. The number of piperazine rings is 1. The lowest BCUT2D eigenvalue weighted by molar-refractivity contribution is -0.168. The van der Waals surface area contributed by atoms with Crippen LogP contribution in [-0.2, 0) is 6.54 Å². The molecule has 4 nitrogen and oxygen atoms in total. The van der Waals surface area contributed by atoms with Crippen LogP contribution in [0.15, 0.2) is 48.5 Å². The van der Waals surface area contributed by atoms with E-state index < -0.39 is 12.2 Å². The molecule has 1 aliphatic rings. The molecule has 1 aliphatic heterocycles. The third-order valence-electron chi connectivity index (χ3n) is 5.65. The predicted octanol–water partition coefficient (Wildman–Crippen LogP) is 4.97. The first kappa shape index (κ1) is 22.4. The minimum absolute atomic E-state index is 0.131. The first-order chi connectivity index (χ1) is 15.1. The van der Waals surface area contributed by atoms with Crippen LogP contribution in [0.2, 0.25) is 0 Å². The van der Waals surface area contributed by atoms with Crippen molar-refractivity contribution >= 4 is 16.7 Å². The molecule has 1 fully saturated rings. The molecule has 0 saturated carbocycles. The maximum Gasteiger partial charge on any atom is 0.405 e. The zero-order chi connectivity index (χ0) is 23.0. The van der Waals surface area contributed by atoms with Gasteiger partial charge in [-0.25, -0.2) is 9.37 Å². The molecule has 1 aromatic heterocycles. The maximum atomic E-state index is 13.4. The van der Waals surface area contributed by atoms with Gasteiger partial charge in [-0.3, -0.25) is 9.69 Å². The van der Waals surface area contributed by atoms with Gasteiger partial charge in [0.05, 0.1) is 5.52 Å². The number of hydrogen-bond donors (Lipinski definition) is 1. The number of alkyl halides is 3. The number of aromatic nitrogens is 1. The molecule has 32 heavy (non-hydrogen) atoms. The number of pyridine rings is 1. The molecule has 1 N–H and O–H groups in total. The number of benzene rings is 2. The van der Waals surface area contributed by atoms with Gasteiger partial charge in [0.1, 0.15) is 17.6 Å². The summed E-state index contributed by atoms with van der Waals surface area (Å²) in [6.07, 6.45) is -4.31. The molecule has 2 atom stereocenters. The second-order valence-corrected chi connectivity index (χ2v) is 8.33. The number of ketones is 1. The summed E-state index contributed by atoms with van der Waals surface area (Å²) in [6, 6.07) is 11.3. The molecule has 8 heteroatoms. The van der Waals surface area contributed by atoms with E-state index in [0.717, 1.165) is 22.1 Å². The van der Waals surface area contributed by atoms with Crippen molar-refractivity contribution in [3.05, 3.63) is 65.6 Å². The molecule has 0 spiro atoms. The van der Waals surface area contributed by atoms with Crippen LogP contribution in [0.4, 0.5) is 17.6 Å². The molecule has 4 rings (SSSR count). The van der Waals surface area contributed by atoms with Gasteiger partial charge in [0.2, 0.25) is 0 Å². The number of nitrogens with one attached hydrogen (secondary N) is 1. The lowest BCUT2D eigenvalue weighted by Gasteiger charge is -2.38. The molecule has 168 valence electrons. The lowest BCUT2D eigenvalue weighted by Crippen LogP contribution is -2.60. The zero-order valence-electron chi connectivity index (χ0n) is 17.7. The summed E-state index contributed by atoms with van der Waals surface area (Å²) in [5, 5.41) is 3.39. The molecular formula is C24H23F4N3O. The van der Waals surface area contributed by atoms with Crippen molar-refractivity contribution in [1.29, 1.82) is 0 Å². The molecule has 3 aromatic rings. The van der Waals surface area contributed by atoms with Crippen molar-refractivity contribution in [3.8, 4) is 11.1 Å². The average molecular weight is 445 g/mol. The Kier molecular flexibility index (Phi) is 6.01.